The van der Waals surface area contributed by atoms with Gasteiger partial charge in [0.25, 0.3) is 11.1 Å². The Bertz CT molecular complexity index is 1010. The smallest absolute Gasteiger partial charge is 0.251 e. The molecule has 6 heteroatoms. The molecule has 1 aliphatic rings. The van der Waals surface area contributed by atoms with Crippen LogP contribution in [0.1, 0.15) is 50.2 Å². The van der Waals surface area contributed by atoms with Crippen LogP contribution in [0.25, 0.3) is 0 Å². The number of hydrogen-bond donors (Lipinski definition) is 0. The molecule has 0 radical (unpaired) electrons. The number of aromatic nitrogens is 2. The van der Waals surface area contributed by atoms with Crippen molar-refractivity contribution >= 4 is 11.6 Å². The van der Waals surface area contributed by atoms with Gasteiger partial charge in [-0.15, -0.1) is 0 Å². The second-order valence-corrected chi connectivity index (χ2v) is 5.75. The van der Waals surface area contributed by atoms with Gasteiger partial charge in [-0.05, 0) is 24.5 Å². The average Bonchev–Trinajstić information content (AvgIpc) is 2.50. The number of hydrogen-bond acceptors (Lipinski definition) is 4. The van der Waals surface area contributed by atoms with E-state index < -0.39 is 5.78 Å². The largest absolute Gasteiger partial charge is 0.308 e. The van der Waals surface area contributed by atoms with Gasteiger partial charge in [0.05, 0.1) is 11.1 Å². The van der Waals surface area contributed by atoms with E-state index in [1.54, 1.807) is 6.92 Å². The summed E-state index contributed by atoms with van der Waals surface area (Å²) < 4.78 is 2.36. The molecule has 0 aromatic carbocycles. The lowest BCUT2D eigenvalue weighted by atomic mass is 9.84. The number of rotatable bonds is 1. The SMILES string of the molecule is CCc1cc(=O)n(C)c2c1C(=O)c1c(C)cc(=O)n(C)c1C2=O. The van der Waals surface area contributed by atoms with Crippen LogP contribution in [0.15, 0.2) is 21.7 Å². The maximum atomic E-state index is 13.0. The Morgan fingerprint density at radius 1 is 0.826 bits per heavy atom. The third-order valence-corrected chi connectivity index (χ3v) is 4.42. The zero-order chi connectivity index (χ0) is 17.0. The summed E-state index contributed by atoms with van der Waals surface area (Å²) in [5.74, 6) is -0.775. The van der Waals surface area contributed by atoms with Crippen molar-refractivity contribution in [3.8, 4) is 0 Å². The lowest BCUT2D eigenvalue weighted by Gasteiger charge is -2.24. The summed E-state index contributed by atoms with van der Waals surface area (Å²) in [6.07, 6.45) is 0.470. The molecular formula is C17H16N2O4. The Morgan fingerprint density at radius 3 is 1.91 bits per heavy atom. The van der Waals surface area contributed by atoms with Gasteiger partial charge in [0.2, 0.25) is 5.78 Å². The molecule has 1 aliphatic carbocycles. The van der Waals surface area contributed by atoms with Gasteiger partial charge >= 0.3 is 0 Å². The van der Waals surface area contributed by atoms with Crippen LogP contribution in [0.2, 0.25) is 0 Å². The van der Waals surface area contributed by atoms with E-state index in [-0.39, 0.29) is 39.4 Å². The summed E-state index contributed by atoms with van der Waals surface area (Å²) >= 11 is 0. The Hall–Kier alpha value is -2.76. The van der Waals surface area contributed by atoms with Crippen LogP contribution < -0.4 is 11.1 Å². The predicted octanol–water partition coefficient (Wildman–Crippen LogP) is 0.730. The Labute approximate surface area is 132 Å². The van der Waals surface area contributed by atoms with Crippen molar-refractivity contribution in [1.82, 2.24) is 9.13 Å². The first-order valence-corrected chi connectivity index (χ1v) is 7.32. The fraction of sp³-hybridized carbons (Fsp3) is 0.294. The Balaban J connectivity index is 2.53. The van der Waals surface area contributed by atoms with Crippen LogP contribution in [0.3, 0.4) is 0 Å². The monoisotopic (exact) mass is 312 g/mol. The van der Waals surface area contributed by atoms with Gasteiger partial charge in [0.1, 0.15) is 11.4 Å². The first-order chi connectivity index (χ1) is 10.8. The summed E-state index contributed by atoms with van der Waals surface area (Å²) in [6, 6.07) is 2.74. The van der Waals surface area contributed by atoms with Gasteiger partial charge in [-0.2, -0.15) is 0 Å². The maximum absolute atomic E-state index is 13.0. The molecule has 0 bridgehead atoms. The quantitative estimate of drug-likeness (QED) is 0.663. The molecule has 0 saturated carbocycles. The number of fused-ring (bicyclic) bond motifs is 2. The number of carbonyl (C=O) groups excluding carboxylic acids is 2. The van der Waals surface area contributed by atoms with Crippen molar-refractivity contribution in [3.05, 3.63) is 66.5 Å². The van der Waals surface area contributed by atoms with E-state index in [0.717, 1.165) is 0 Å². The summed E-state index contributed by atoms with van der Waals surface area (Å²) in [4.78, 5) is 50.0. The lowest BCUT2D eigenvalue weighted by Crippen LogP contribution is -2.37. The van der Waals surface area contributed by atoms with Crippen LogP contribution in [-0.4, -0.2) is 20.7 Å². The van der Waals surface area contributed by atoms with E-state index in [4.69, 9.17) is 0 Å². The van der Waals surface area contributed by atoms with E-state index in [9.17, 15) is 19.2 Å². The first kappa shape index (κ1) is 15.1. The molecule has 23 heavy (non-hydrogen) atoms. The fourth-order valence-electron chi connectivity index (χ4n) is 3.15. The van der Waals surface area contributed by atoms with Crippen LogP contribution in [-0.2, 0) is 20.5 Å². The number of ketones is 2. The molecule has 0 saturated heterocycles. The number of pyridine rings is 2. The van der Waals surface area contributed by atoms with Crippen molar-refractivity contribution in [2.45, 2.75) is 20.3 Å². The minimum atomic E-state index is -0.465. The maximum Gasteiger partial charge on any atom is 0.251 e. The normalized spacial score (nSPS) is 13.0. The summed E-state index contributed by atoms with van der Waals surface area (Å²) in [5, 5.41) is 0. The summed E-state index contributed by atoms with van der Waals surface area (Å²) in [7, 11) is 2.92. The average molecular weight is 312 g/mol. The fourth-order valence-corrected chi connectivity index (χ4v) is 3.15. The van der Waals surface area contributed by atoms with Crippen molar-refractivity contribution in [2.24, 2.45) is 14.1 Å². The highest BCUT2D eigenvalue weighted by atomic mass is 16.2. The van der Waals surface area contributed by atoms with Gasteiger partial charge in [-0.25, -0.2) is 0 Å². The Kier molecular flexibility index (Phi) is 3.21. The second-order valence-electron chi connectivity index (χ2n) is 5.75. The number of aryl methyl sites for hydroxylation is 2. The zero-order valence-corrected chi connectivity index (χ0v) is 13.4. The highest BCUT2D eigenvalue weighted by Crippen LogP contribution is 2.29. The molecule has 0 aliphatic heterocycles. The molecule has 0 N–H and O–H groups in total. The van der Waals surface area contributed by atoms with Crippen LogP contribution in [0, 0.1) is 6.92 Å². The van der Waals surface area contributed by atoms with Gasteiger partial charge < -0.3 is 9.13 Å². The zero-order valence-electron chi connectivity index (χ0n) is 13.4. The number of carbonyl (C=O) groups is 2. The van der Waals surface area contributed by atoms with E-state index in [0.29, 0.717) is 17.5 Å². The molecule has 2 aromatic heterocycles. The van der Waals surface area contributed by atoms with Crippen LogP contribution in [0.5, 0.6) is 0 Å². The highest BCUT2D eigenvalue weighted by Gasteiger charge is 2.36. The topological polar surface area (TPSA) is 78.1 Å². The molecular weight excluding hydrogens is 296 g/mol. The molecule has 3 rings (SSSR count). The van der Waals surface area contributed by atoms with Crippen molar-refractivity contribution in [2.75, 3.05) is 0 Å². The second kappa shape index (κ2) is 4.87. The first-order valence-electron chi connectivity index (χ1n) is 7.32. The summed E-state index contributed by atoms with van der Waals surface area (Å²) in [6.45, 7) is 3.47. The molecule has 0 unspecified atom stereocenters. The van der Waals surface area contributed by atoms with Crippen LogP contribution >= 0.6 is 0 Å². The molecule has 0 fully saturated rings. The minimum Gasteiger partial charge on any atom is -0.308 e. The van der Waals surface area contributed by atoms with Gasteiger partial charge in [0.15, 0.2) is 5.78 Å². The van der Waals surface area contributed by atoms with E-state index >= 15 is 0 Å². The van der Waals surface area contributed by atoms with Gasteiger partial charge in [-0.3, -0.25) is 19.2 Å². The predicted molar refractivity (Wildman–Crippen MR) is 84.3 cm³/mol. The number of nitrogens with zero attached hydrogens (tertiary/aromatic N) is 2. The highest BCUT2D eigenvalue weighted by molar-refractivity contribution is 6.28. The Morgan fingerprint density at radius 2 is 1.35 bits per heavy atom. The van der Waals surface area contributed by atoms with Crippen molar-refractivity contribution < 1.29 is 9.59 Å². The molecule has 0 spiro atoms. The molecule has 0 atom stereocenters. The standard InChI is InChI=1S/C17H16N2O4/c1-5-9-7-11(21)19(4)15-13(9)16(22)12-8(2)6-10(20)18(3)14(12)17(15)23/h6-7H,5H2,1-4H3. The third-order valence-electron chi connectivity index (χ3n) is 4.42. The molecule has 2 aromatic rings. The molecule has 2 heterocycles. The molecule has 0 amide bonds. The van der Waals surface area contributed by atoms with Gasteiger partial charge in [0, 0.05) is 26.2 Å². The van der Waals surface area contributed by atoms with E-state index in [2.05, 4.69) is 0 Å². The van der Waals surface area contributed by atoms with Gasteiger partial charge in [-0.1, -0.05) is 6.92 Å². The van der Waals surface area contributed by atoms with E-state index in [1.807, 2.05) is 6.92 Å². The molecule has 6 nitrogen and oxygen atoms in total. The van der Waals surface area contributed by atoms with Crippen molar-refractivity contribution in [1.29, 1.82) is 0 Å². The van der Waals surface area contributed by atoms with E-state index in [1.165, 1.54) is 35.4 Å². The molecule has 118 valence electrons. The van der Waals surface area contributed by atoms with Crippen LogP contribution in [0.4, 0.5) is 0 Å². The lowest BCUT2D eigenvalue weighted by molar-refractivity contribution is 0.0962. The minimum absolute atomic E-state index is 0.0516. The summed E-state index contributed by atoms with van der Waals surface area (Å²) in [5.41, 5.74) is 0.962. The van der Waals surface area contributed by atoms with Crippen molar-refractivity contribution in [3.63, 3.8) is 0 Å². The third kappa shape index (κ3) is 1.87.